The van der Waals surface area contributed by atoms with E-state index in [0.29, 0.717) is 0 Å². The van der Waals surface area contributed by atoms with Gasteiger partial charge in [-0.05, 0) is 36.8 Å². The Balaban J connectivity index is 2.00. The minimum atomic E-state index is -0.701. The zero-order chi connectivity index (χ0) is 17.5. The van der Waals surface area contributed by atoms with Crippen LogP contribution in [0.3, 0.4) is 0 Å². The number of carbonyl (C=O) groups is 1. The van der Waals surface area contributed by atoms with Crippen molar-refractivity contribution in [1.82, 2.24) is 0 Å². The van der Waals surface area contributed by atoms with E-state index in [1.54, 1.807) is 0 Å². The van der Waals surface area contributed by atoms with E-state index in [2.05, 4.69) is 31.2 Å². The van der Waals surface area contributed by atoms with E-state index < -0.39 is 5.97 Å². The van der Waals surface area contributed by atoms with Crippen molar-refractivity contribution in [1.29, 1.82) is 0 Å². The van der Waals surface area contributed by atoms with E-state index in [0.717, 1.165) is 12.8 Å². The molecule has 0 radical (unpaired) electrons. The van der Waals surface area contributed by atoms with Crippen molar-refractivity contribution in [3.05, 3.63) is 35.4 Å². The van der Waals surface area contributed by atoms with Crippen molar-refractivity contribution in [3.8, 4) is 0 Å². The van der Waals surface area contributed by atoms with Crippen LogP contribution in [0, 0.1) is 0 Å². The number of carboxylic acids is 1. The molecule has 1 rings (SSSR count). The van der Waals surface area contributed by atoms with Crippen molar-refractivity contribution in [2.45, 2.75) is 96.8 Å². The SMILES string of the molecule is CCCCCCCCCCCCc1ccc(CCCC(=O)O)cc1. The molecule has 0 amide bonds. The predicted molar refractivity (Wildman–Crippen MR) is 103 cm³/mol. The number of aryl methyl sites for hydroxylation is 2. The quantitative estimate of drug-likeness (QED) is 0.369. The topological polar surface area (TPSA) is 37.3 Å². The van der Waals surface area contributed by atoms with Gasteiger partial charge in [-0.2, -0.15) is 0 Å². The molecule has 1 N–H and O–H groups in total. The monoisotopic (exact) mass is 332 g/mol. The van der Waals surface area contributed by atoms with Crippen LogP contribution in [0.5, 0.6) is 0 Å². The second-order valence-electron chi connectivity index (χ2n) is 7.00. The molecule has 0 aliphatic carbocycles. The molecule has 0 atom stereocenters. The summed E-state index contributed by atoms with van der Waals surface area (Å²) in [6.07, 6.45) is 16.8. The van der Waals surface area contributed by atoms with Crippen LogP contribution >= 0.6 is 0 Å². The normalized spacial score (nSPS) is 10.9. The van der Waals surface area contributed by atoms with Crippen LogP contribution in [0.2, 0.25) is 0 Å². The number of aliphatic carboxylic acids is 1. The van der Waals surface area contributed by atoms with Crippen molar-refractivity contribution >= 4 is 5.97 Å². The number of rotatable bonds is 15. The highest BCUT2D eigenvalue weighted by Gasteiger charge is 1.99. The highest BCUT2D eigenvalue weighted by molar-refractivity contribution is 5.66. The second kappa shape index (κ2) is 14.1. The van der Waals surface area contributed by atoms with Gasteiger partial charge in [0, 0.05) is 6.42 Å². The Morgan fingerprint density at radius 1 is 0.708 bits per heavy atom. The average Bonchev–Trinajstić information content (AvgIpc) is 2.57. The van der Waals surface area contributed by atoms with Gasteiger partial charge in [0.15, 0.2) is 0 Å². The summed E-state index contributed by atoms with van der Waals surface area (Å²) in [4.78, 5) is 10.5. The molecule has 1 aromatic rings. The molecule has 1 aromatic carbocycles. The summed E-state index contributed by atoms with van der Waals surface area (Å²) < 4.78 is 0. The molecule has 0 heterocycles. The lowest BCUT2D eigenvalue weighted by molar-refractivity contribution is -0.137. The summed E-state index contributed by atoms with van der Waals surface area (Å²) in [5.74, 6) is -0.701. The molecule has 0 aliphatic rings. The van der Waals surface area contributed by atoms with Crippen molar-refractivity contribution in [2.24, 2.45) is 0 Å². The van der Waals surface area contributed by atoms with Gasteiger partial charge in [0.1, 0.15) is 0 Å². The fraction of sp³-hybridized carbons (Fsp3) is 0.682. The summed E-state index contributed by atoms with van der Waals surface area (Å²) in [5, 5.41) is 8.66. The first-order chi connectivity index (χ1) is 11.7. The summed E-state index contributed by atoms with van der Waals surface area (Å²) in [7, 11) is 0. The summed E-state index contributed by atoms with van der Waals surface area (Å²) >= 11 is 0. The Morgan fingerprint density at radius 2 is 1.12 bits per heavy atom. The van der Waals surface area contributed by atoms with Gasteiger partial charge in [-0.1, -0.05) is 89.0 Å². The van der Waals surface area contributed by atoms with Gasteiger partial charge in [0.05, 0.1) is 0 Å². The Labute approximate surface area is 148 Å². The van der Waals surface area contributed by atoms with Crippen LogP contribution < -0.4 is 0 Å². The Hall–Kier alpha value is -1.31. The molecule has 0 bridgehead atoms. The van der Waals surface area contributed by atoms with Crippen LogP contribution in [0.15, 0.2) is 24.3 Å². The minimum Gasteiger partial charge on any atom is -0.481 e. The maximum Gasteiger partial charge on any atom is 0.303 e. The van der Waals surface area contributed by atoms with Gasteiger partial charge in [-0.25, -0.2) is 0 Å². The largest absolute Gasteiger partial charge is 0.481 e. The lowest BCUT2D eigenvalue weighted by Crippen LogP contribution is -1.96. The Kier molecular flexibility index (Phi) is 12.2. The highest BCUT2D eigenvalue weighted by atomic mass is 16.4. The molecule has 2 nitrogen and oxygen atoms in total. The molecule has 0 fully saturated rings. The number of hydrogen-bond acceptors (Lipinski definition) is 1. The molecule has 0 aromatic heterocycles. The second-order valence-corrected chi connectivity index (χ2v) is 7.00. The zero-order valence-electron chi connectivity index (χ0n) is 15.6. The molecule has 136 valence electrons. The molecule has 24 heavy (non-hydrogen) atoms. The molecular weight excluding hydrogens is 296 g/mol. The molecule has 0 unspecified atom stereocenters. The molecule has 0 saturated carbocycles. The lowest BCUT2D eigenvalue weighted by Gasteiger charge is -2.05. The van der Waals surface area contributed by atoms with E-state index in [-0.39, 0.29) is 6.42 Å². The first-order valence-electron chi connectivity index (χ1n) is 10.0. The van der Waals surface area contributed by atoms with Crippen LogP contribution in [0.4, 0.5) is 0 Å². The summed E-state index contributed by atoms with van der Waals surface area (Å²) in [6.45, 7) is 2.27. The third kappa shape index (κ3) is 11.3. The fourth-order valence-electron chi connectivity index (χ4n) is 3.13. The van der Waals surface area contributed by atoms with E-state index in [1.165, 1.54) is 81.8 Å². The number of carboxylic acid groups (broad SMARTS) is 1. The number of unbranched alkanes of at least 4 members (excludes halogenated alkanes) is 9. The highest BCUT2D eigenvalue weighted by Crippen LogP contribution is 2.14. The van der Waals surface area contributed by atoms with Gasteiger partial charge in [0.2, 0.25) is 0 Å². The minimum absolute atomic E-state index is 0.264. The van der Waals surface area contributed by atoms with Gasteiger partial charge in [0.25, 0.3) is 0 Å². The first kappa shape index (κ1) is 20.7. The van der Waals surface area contributed by atoms with Crippen molar-refractivity contribution < 1.29 is 9.90 Å². The molecular formula is C22H36O2. The van der Waals surface area contributed by atoms with Crippen LogP contribution in [0.25, 0.3) is 0 Å². The fourth-order valence-corrected chi connectivity index (χ4v) is 3.13. The van der Waals surface area contributed by atoms with Gasteiger partial charge in [-0.15, -0.1) is 0 Å². The van der Waals surface area contributed by atoms with Gasteiger partial charge < -0.3 is 5.11 Å². The maximum absolute atomic E-state index is 10.5. The smallest absolute Gasteiger partial charge is 0.303 e. The van der Waals surface area contributed by atoms with E-state index >= 15 is 0 Å². The molecule has 0 spiro atoms. The average molecular weight is 333 g/mol. The van der Waals surface area contributed by atoms with Crippen molar-refractivity contribution in [3.63, 3.8) is 0 Å². The standard InChI is InChI=1S/C22H36O2/c1-2-3-4-5-6-7-8-9-10-11-13-20-16-18-21(19-17-20)14-12-15-22(23)24/h16-19H,2-15H2,1H3,(H,23,24). The molecule has 2 heteroatoms. The third-order valence-corrected chi connectivity index (χ3v) is 4.70. The van der Waals surface area contributed by atoms with Crippen LogP contribution in [-0.2, 0) is 17.6 Å². The van der Waals surface area contributed by atoms with E-state index in [4.69, 9.17) is 5.11 Å². The lowest BCUT2D eigenvalue weighted by atomic mass is 10.0. The number of hydrogen-bond donors (Lipinski definition) is 1. The third-order valence-electron chi connectivity index (χ3n) is 4.70. The first-order valence-corrected chi connectivity index (χ1v) is 10.0. The van der Waals surface area contributed by atoms with E-state index in [9.17, 15) is 4.79 Å². The van der Waals surface area contributed by atoms with Gasteiger partial charge in [-0.3, -0.25) is 4.79 Å². The van der Waals surface area contributed by atoms with E-state index in [1.807, 2.05) is 0 Å². The Morgan fingerprint density at radius 3 is 1.58 bits per heavy atom. The van der Waals surface area contributed by atoms with Gasteiger partial charge >= 0.3 is 5.97 Å². The zero-order valence-corrected chi connectivity index (χ0v) is 15.6. The van der Waals surface area contributed by atoms with Crippen LogP contribution in [0.1, 0.15) is 95.1 Å². The van der Waals surface area contributed by atoms with Crippen LogP contribution in [-0.4, -0.2) is 11.1 Å². The number of benzene rings is 1. The van der Waals surface area contributed by atoms with Crippen molar-refractivity contribution in [2.75, 3.05) is 0 Å². The maximum atomic E-state index is 10.5. The predicted octanol–water partition coefficient (Wildman–Crippen LogP) is 6.56. The molecule has 0 saturated heterocycles. The summed E-state index contributed by atoms with van der Waals surface area (Å²) in [5.41, 5.74) is 2.67. The molecule has 0 aliphatic heterocycles. The summed E-state index contributed by atoms with van der Waals surface area (Å²) in [6, 6.07) is 8.74. The Bertz CT molecular complexity index is 422.